The number of benzene rings is 1. The summed E-state index contributed by atoms with van der Waals surface area (Å²) in [5, 5.41) is 2.83. The Hall–Kier alpha value is -1.40. The molecule has 3 rings (SSSR count). The number of carbonyl (C=O) groups is 1. The molecule has 4 atom stereocenters. The Balaban J connectivity index is 1.57. The molecule has 1 aromatic carbocycles. The molecule has 2 saturated carbocycles. The Kier molecular flexibility index (Phi) is 6.26. The van der Waals surface area contributed by atoms with Gasteiger partial charge in [0.1, 0.15) is 0 Å². The van der Waals surface area contributed by atoms with Crippen LogP contribution in [0.2, 0.25) is 0 Å². The Morgan fingerprint density at radius 2 is 1.81 bits per heavy atom. The smallest absolute Gasteiger partial charge is 0.240 e. The number of sulfonamides is 1. The van der Waals surface area contributed by atoms with Crippen LogP contribution in [-0.4, -0.2) is 20.4 Å². The zero-order valence-electron chi connectivity index (χ0n) is 16.6. The maximum atomic E-state index is 12.7. The summed E-state index contributed by atoms with van der Waals surface area (Å²) in [4.78, 5) is 12.2. The Labute approximate surface area is 163 Å². The normalized spacial score (nSPS) is 25.7. The van der Waals surface area contributed by atoms with Gasteiger partial charge >= 0.3 is 0 Å². The van der Waals surface area contributed by atoms with E-state index in [2.05, 4.69) is 23.9 Å². The third kappa shape index (κ3) is 5.11. The zero-order valence-corrected chi connectivity index (χ0v) is 17.4. The molecule has 5 nitrogen and oxygen atoms in total. The molecule has 2 aliphatic carbocycles. The van der Waals surface area contributed by atoms with Crippen LogP contribution in [0.1, 0.15) is 59.3 Å². The van der Waals surface area contributed by atoms with Crippen LogP contribution in [0.5, 0.6) is 0 Å². The molecule has 0 heterocycles. The van der Waals surface area contributed by atoms with Crippen molar-refractivity contribution in [3.05, 3.63) is 24.3 Å². The zero-order chi connectivity index (χ0) is 19.6. The number of amides is 1. The van der Waals surface area contributed by atoms with E-state index in [1.54, 1.807) is 24.3 Å². The van der Waals surface area contributed by atoms with Crippen LogP contribution in [0.4, 0.5) is 5.69 Å². The van der Waals surface area contributed by atoms with E-state index in [-0.39, 0.29) is 16.8 Å². The van der Waals surface area contributed by atoms with Crippen LogP contribution in [0.3, 0.4) is 0 Å². The second-order valence-electron chi connectivity index (χ2n) is 8.75. The van der Waals surface area contributed by atoms with Gasteiger partial charge in [-0.3, -0.25) is 4.79 Å². The first kappa shape index (κ1) is 20.3. The van der Waals surface area contributed by atoms with Gasteiger partial charge in [0, 0.05) is 18.2 Å². The highest BCUT2D eigenvalue weighted by molar-refractivity contribution is 7.89. The lowest BCUT2D eigenvalue weighted by Crippen LogP contribution is -2.40. The fourth-order valence-corrected chi connectivity index (χ4v) is 5.96. The summed E-state index contributed by atoms with van der Waals surface area (Å²) in [5.74, 6) is 2.37. The summed E-state index contributed by atoms with van der Waals surface area (Å²) in [6, 6.07) is 6.40. The van der Waals surface area contributed by atoms with E-state index in [4.69, 9.17) is 0 Å². The monoisotopic (exact) mass is 392 g/mol. The fourth-order valence-electron chi connectivity index (χ4n) is 4.67. The van der Waals surface area contributed by atoms with Gasteiger partial charge in [0.15, 0.2) is 0 Å². The Morgan fingerprint density at radius 3 is 2.37 bits per heavy atom. The lowest BCUT2D eigenvalue weighted by atomic mass is 9.84. The predicted molar refractivity (Wildman–Crippen MR) is 108 cm³/mol. The Morgan fingerprint density at radius 1 is 1.11 bits per heavy atom. The van der Waals surface area contributed by atoms with E-state index in [1.165, 1.54) is 19.3 Å². The van der Waals surface area contributed by atoms with Gasteiger partial charge in [0.05, 0.1) is 4.90 Å². The van der Waals surface area contributed by atoms with Crippen LogP contribution in [0.15, 0.2) is 29.2 Å². The molecule has 27 heavy (non-hydrogen) atoms. The van der Waals surface area contributed by atoms with Gasteiger partial charge < -0.3 is 5.32 Å². The van der Waals surface area contributed by atoms with Crippen molar-refractivity contribution in [3.63, 3.8) is 0 Å². The number of nitrogens with one attached hydrogen (secondary N) is 2. The molecule has 0 aliphatic heterocycles. The number of anilines is 1. The number of hydrogen-bond acceptors (Lipinski definition) is 3. The highest BCUT2D eigenvalue weighted by Crippen LogP contribution is 2.49. The van der Waals surface area contributed by atoms with Gasteiger partial charge in [-0.25, -0.2) is 13.1 Å². The minimum absolute atomic E-state index is 0.0395. The molecule has 1 amide bonds. The first-order valence-electron chi connectivity index (χ1n) is 10.2. The summed E-state index contributed by atoms with van der Waals surface area (Å²) in [7, 11) is -3.54. The van der Waals surface area contributed by atoms with Crippen LogP contribution >= 0.6 is 0 Å². The first-order chi connectivity index (χ1) is 12.7. The van der Waals surface area contributed by atoms with Crippen molar-refractivity contribution in [1.82, 2.24) is 4.72 Å². The maximum Gasteiger partial charge on any atom is 0.240 e. The van der Waals surface area contributed by atoms with Crippen LogP contribution in [0, 0.1) is 23.7 Å². The molecule has 1 aromatic rings. The third-order valence-corrected chi connectivity index (χ3v) is 7.75. The molecular weight excluding hydrogens is 360 g/mol. The summed E-state index contributed by atoms with van der Waals surface area (Å²) >= 11 is 0. The van der Waals surface area contributed by atoms with Crippen molar-refractivity contribution in [2.45, 2.75) is 70.2 Å². The number of carbonyl (C=O) groups excluding carboxylic acids is 1. The van der Waals surface area contributed by atoms with Gasteiger partial charge in [0.25, 0.3) is 0 Å². The average molecular weight is 393 g/mol. The van der Waals surface area contributed by atoms with E-state index in [0.717, 1.165) is 18.8 Å². The molecular formula is C21H32N2O3S. The molecule has 2 fully saturated rings. The fraction of sp³-hybridized carbons (Fsp3) is 0.667. The van der Waals surface area contributed by atoms with Crippen molar-refractivity contribution in [3.8, 4) is 0 Å². The largest absolute Gasteiger partial charge is 0.326 e. The van der Waals surface area contributed by atoms with Crippen molar-refractivity contribution >= 4 is 21.6 Å². The van der Waals surface area contributed by atoms with Gasteiger partial charge in [-0.05, 0) is 80.5 Å². The lowest BCUT2D eigenvalue weighted by Gasteiger charge is -2.28. The molecule has 2 aliphatic rings. The summed E-state index contributed by atoms with van der Waals surface area (Å²) in [6.07, 6.45) is 6.28. The highest BCUT2D eigenvalue weighted by atomic mass is 32.2. The third-order valence-electron chi connectivity index (χ3n) is 6.17. The number of rotatable bonds is 8. The molecule has 2 N–H and O–H groups in total. The van der Waals surface area contributed by atoms with E-state index in [0.29, 0.717) is 29.9 Å². The SMILES string of the molecule is CC(C)CCC(=O)Nc1ccc(S(=O)(=O)N[C@@H](C)[C@H]2C[C@H]3CC[C@H]2C3)cc1. The second kappa shape index (κ2) is 8.31. The molecule has 0 spiro atoms. The van der Waals surface area contributed by atoms with E-state index in [1.807, 2.05) is 6.92 Å². The summed E-state index contributed by atoms with van der Waals surface area (Å²) in [5.41, 5.74) is 0.629. The van der Waals surface area contributed by atoms with E-state index < -0.39 is 10.0 Å². The number of fused-ring (bicyclic) bond motifs is 2. The van der Waals surface area contributed by atoms with Gasteiger partial charge in [-0.2, -0.15) is 0 Å². The van der Waals surface area contributed by atoms with Gasteiger partial charge in [-0.15, -0.1) is 0 Å². The second-order valence-corrected chi connectivity index (χ2v) is 10.5. The van der Waals surface area contributed by atoms with Crippen molar-refractivity contribution in [2.75, 3.05) is 5.32 Å². The standard InChI is InChI=1S/C21H32N2O3S/c1-14(2)4-11-21(24)22-18-7-9-19(10-8-18)27(25,26)23-15(3)20-13-16-5-6-17(20)12-16/h7-10,14-17,20,23H,4-6,11-13H2,1-3H3,(H,22,24)/t15-,16-,17-,20+/m0/s1. The quantitative estimate of drug-likeness (QED) is 0.697. The summed E-state index contributed by atoms with van der Waals surface area (Å²) < 4.78 is 28.3. The van der Waals surface area contributed by atoms with Gasteiger partial charge in [-0.1, -0.05) is 20.3 Å². The van der Waals surface area contributed by atoms with Crippen molar-refractivity contribution < 1.29 is 13.2 Å². The molecule has 0 unspecified atom stereocenters. The molecule has 6 heteroatoms. The van der Waals surface area contributed by atoms with Crippen LogP contribution < -0.4 is 10.0 Å². The summed E-state index contributed by atoms with van der Waals surface area (Å²) in [6.45, 7) is 6.15. The van der Waals surface area contributed by atoms with Crippen LogP contribution in [-0.2, 0) is 14.8 Å². The van der Waals surface area contributed by atoms with E-state index >= 15 is 0 Å². The molecule has 0 saturated heterocycles. The molecule has 0 radical (unpaired) electrons. The van der Waals surface area contributed by atoms with Gasteiger partial charge in [0.2, 0.25) is 15.9 Å². The van der Waals surface area contributed by atoms with Crippen molar-refractivity contribution in [1.29, 1.82) is 0 Å². The Bertz CT molecular complexity index is 758. The predicted octanol–water partition coefficient (Wildman–Crippen LogP) is 4.16. The first-order valence-corrected chi connectivity index (χ1v) is 11.6. The minimum Gasteiger partial charge on any atom is -0.326 e. The minimum atomic E-state index is -3.54. The topological polar surface area (TPSA) is 75.3 Å². The van der Waals surface area contributed by atoms with Crippen LogP contribution in [0.25, 0.3) is 0 Å². The molecule has 0 aromatic heterocycles. The average Bonchev–Trinajstić information content (AvgIpc) is 3.23. The highest BCUT2D eigenvalue weighted by Gasteiger charge is 2.42. The molecule has 2 bridgehead atoms. The molecule has 150 valence electrons. The lowest BCUT2D eigenvalue weighted by molar-refractivity contribution is -0.116. The number of hydrogen-bond donors (Lipinski definition) is 2. The van der Waals surface area contributed by atoms with Crippen molar-refractivity contribution in [2.24, 2.45) is 23.7 Å². The van der Waals surface area contributed by atoms with E-state index in [9.17, 15) is 13.2 Å². The maximum absolute atomic E-state index is 12.7.